The number of hydrogen-bond donors (Lipinski definition) is 1. The third-order valence-electron chi connectivity index (χ3n) is 3.71. The Bertz CT molecular complexity index is 507. The van der Waals surface area contributed by atoms with Crippen molar-refractivity contribution in [2.24, 2.45) is 0 Å². The van der Waals surface area contributed by atoms with Gasteiger partial charge in [-0.2, -0.15) is 0 Å². The quantitative estimate of drug-likeness (QED) is 0.895. The van der Waals surface area contributed by atoms with Crippen LogP contribution in [-0.2, 0) is 6.42 Å². The van der Waals surface area contributed by atoms with E-state index in [1.807, 2.05) is 12.5 Å². The average molecular weight is 241 g/mol. The summed E-state index contributed by atoms with van der Waals surface area (Å²) in [5.41, 5.74) is 3.85. The predicted octanol–water partition coefficient (Wildman–Crippen LogP) is 2.86. The Kier molecular flexibility index (Phi) is 3.15. The van der Waals surface area contributed by atoms with Gasteiger partial charge in [-0.25, -0.2) is 4.98 Å². The maximum atomic E-state index is 4.31. The summed E-state index contributed by atoms with van der Waals surface area (Å²) in [5.74, 6) is 0. The van der Waals surface area contributed by atoms with E-state index in [-0.39, 0.29) is 0 Å². The normalized spacial score (nSPS) is 19.3. The number of benzene rings is 1. The summed E-state index contributed by atoms with van der Waals surface area (Å²) < 4.78 is 2.20. The molecule has 1 atom stereocenters. The molecule has 3 heteroatoms. The predicted molar refractivity (Wildman–Crippen MR) is 72.9 cm³/mol. The standard InChI is InChI=1S/C15H19N3/c1-2-12-5-7-13(8-6-12)18-11-16-10-15(18)14-4-3-9-17-14/h5-8,10-11,14,17H,2-4,9H2,1H3. The molecule has 2 heterocycles. The first-order valence-corrected chi connectivity index (χ1v) is 6.73. The van der Waals surface area contributed by atoms with E-state index in [2.05, 4.69) is 46.1 Å². The lowest BCUT2D eigenvalue weighted by atomic mass is 10.1. The second-order valence-electron chi connectivity index (χ2n) is 4.86. The molecule has 0 bridgehead atoms. The Labute approximate surface area is 108 Å². The molecule has 1 fully saturated rings. The molecule has 1 unspecified atom stereocenters. The largest absolute Gasteiger partial charge is 0.309 e. The molecule has 1 aromatic carbocycles. The Hall–Kier alpha value is -1.61. The minimum atomic E-state index is 0.457. The van der Waals surface area contributed by atoms with Crippen LogP contribution in [-0.4, -0.2) is 16.1 Å². The number of nitrogens with zero attached hydrogens (tertiary/aromatic N) is 2. The van der Waals surface area contributed by atoms with Crippen molar-refractivity contribution in [1.82, 2.24) is 14.9 Å². The monoisotopic (exact) mass is 241 g/mol. The zero-order valence-electron chi connectivity index (χ0n) is 10.8. The maximum Gasteiger partial charge on any atom is 0.0994 e. The lowest BCUT2D eigenvalue weighted by Crippen LogP contribution is -2.16. The third-order valence-corrected chi connectivity index (χ3v) is 3.71. The lowest BCUT2D eigenvalue weighted by molar-refractivity contribution is 0.615. The molecule has 1 aliphatic rings. The molecule has 1 aromatic heterocycles. The Morgan fingerprint density at radius 2 is 2.17 bits per heavy atom. The molecule has 1 aliphatic heterocycles. The summed E-state index contributed by atoms with van der Waals surface area (Å²) in [5, 5.41) is 3.53. The molecule has 1 saturated heterocycles. The zero-order chi connectivity index (χ0) is 12.4. The van der Waals surface area contributed by atoms with E-state index in [4.69, 9.17) is 0 Å². The van der Waals surface area contributed by atoms with Crippen LogP contribution in [0.3, 0.4) is 0 Å². The van der Waals surface area contributed by atoms with E-state index in [0.29, 0.717) is 6.04 Å². The van der Waals surface area contributed by atoms with Gasteiger partial charge in [0.25, 0.3) is 0 Å². The van der Waals surface area contributed by atoms with E-state index in [1.165, 1.54) is 29.8 Å². The van der Waals surface area contributed by atoms with Crippen molar-refractivity contribution < 1.29 is 0 Å². The van der Waals surface area contributed by atoms with Gasteiger partial charge >= 0.3 is 0 Å². The number of nitrogens with one attached hydrogen (secondary N) is 1. The van der Waals surface area contributed by atoms with Gasteiger partial charge in [-0.05, 0) is 43.5 Å². The van der Waals surface area contributed by atoms with Crippen molar-refractivity contribution >= 4 is 0 Å². The first kappa shape index (κ1) is 11.5. The Morgan fingerprint density at radius 1 is 1.33 bits per heavy atom. The minimum absolute atomic E-state index is 0.457. The topological polar surface area (TPSA) is 29.9 Å². The van der Waals surface area contributed by atoms with Crippen LogP contribution in [0.1, 0.15) is 37.1 Å². The molecule has 0 aliphatic carbocycles. The highest BCUT2D eigenvalue weighted by molar-refractivity contribution is 5.37. The van der Waals surface area contributed by atoms with Gasteiger partial charge in [0, 0.05) is 11.7 Å². The zero-order valence-corrected chi connectivity index (χ0v) is 10.8. The van der Waals surface area contributed by atoms with Gasteiger partial charge in [-0.15, -0.1) is 0 Å². The summed E-state index contributed by atoms with van der Waals surface area (Å²) in [6, 6.07) is 9.21. The number of hydrogen-bond acceptors (Lipinski definition) is 2. The number of rotatable bonds is 3. The highest BCUT2D eigenvalue weighted by atomic mass is 15.1. The van der Waals surface area contributed by atoms with Crippen LogP contribution in [0.4, 0.5) is 0 Å². The molecule has 1 N–H and O–H groups in total. The SMILES string of the molecule is CCc1ccc(-n2cncc2C2CCCN2)cc1. The Morgan fingerprint density at radius 3 is 2.83 bits per heavy atom. The Balaban J connectivity index is 1.93. The molecule has 94 valence electrons. The van der Waals surface area contributed by atoms with E-state index >= 15 is 0 Å². The summed E-state index contributed by atoms with van der Waals surface area (Å²) in [6.07, 6.45) is 7.44. The van der Waals surface area contributed by atoms with E-state index in [9.17, 15) is 0 Å². The van der Waals surface area contributed by atoms with Crippen LogP contribution in [0.5, 0.6) is 0 Å². The van der Waals surface area contributed by atoms with Crippen LogP contribution < -0.4 is 5.32 Å². The van der Waals surface area contributed by atoms with Crippen LogP contribution in [0.25, 0.3) is 5.69 Å². The highest BCUT2D eigenvalue weighted by Crippen LogP contribution is 2.25. The molecular formula is C15H19N3. The minimum Gasteiger partial charge on any atom is -0.309 e. The van der Waals surface area contributed by atoms with Crippen LogP contribution in [0, 0.1) is 0 Å². The number of aryl methyl sites for hydroxylation is 1. The molecule has 0 saturated carbocycles. The highest BCUT2D eigenvalue weighted by Gasteiger charge is 2.20. The van der Waals surface area contributed by atoms with Gasteiger partial charge in [0.2, 0.25) is 0 Å². The molecule has 0 amide bonds. The molecule has 2 aromatic rings. The first-order valence-electron chi connectivity index (χ1n) is 6.73. The van der Waals surface area contributed by atoms with Crippen molar-refractivity contribution in [2.75, 3.05) is 6.54 Å². The van der Waals surface area contributed by atoms with Crippen LogP contribution in [0.2, 0.25) is 0 Å². The summed E-state index contributed by atoms with van der Waals surface area (Å²) >= 11 is 0. The first-order chi connectivity index (χ1) is 8.88. The third kappa shape index (κ3) is 2.06. The summed E-state index contributed by atoms with van der Waals surface area (Å²) in [4.78, 5) is 4.31. The van der Waals surface area contributed by atoms with E-state index in [1.54, 1.807) is 0 Å². The second-order valence-corrected chi connectivity index (χ2v) is 4.86. The number of imidazole rings is 1. The summed E-state index contributed by atoms with van der Waals surface area (Å²) in [7, 11) is 0. The van der Waals surface area contributed by atoms with Crippen molar-refractivity contribution in [2.45, 2.75) is 32.2 Å². The van der Waals surface area contributed by atoms with Crippen molar-refractivity contribution in [1.29, 1.82) is 0 Å². The van der Waals surface area contributed by atoms with Gasteiger partial charge in [0.05, 0.1) is 18.2 Å². The van der Waals surface area contributed by atoms with E-state index in [0.717, 1.165) is 13.0 Å². The van der Waals surface area contributed by atoms with Crippen molar-refractivity contribution in [3.8, 4) is 5.69 Å². The van der Waals surface area contributed by atoms with Crippen LogP contribution in [0.15, 0.2) is 36.8 Å². The van der Waals surface area contributed by atoms with E-state index < -0.39 is 0 Å². The summed E-state index contributed by atoms with van der Waals surface area (Å²) in [6.45, 7) is 3.30. The molecule has 0 spiro atoms. The van der Waals surface area contributed by atoms with Gasteiger partial charge in [0.1, 0.15) is 0 Å². The molecule has 3 nitrogen and oxygen atoms in total. The fourth-order valence-corrected chi connectivity index (χ4v) is 2.61. The van der Waals surface area contributed by atoms with Gasteiger partial charge in [-0.3, -0.25) is 0 Å². The van der Waals surface area contributed by atoms with Gasteiger partial charge < -0.3 is 9.88 Å². The molecule has 3 rings (SSSR count). The van der Waals surface area contributed by atoms with Crippen molar-refractivity contribution in [3.63, 3.8) is 0 Å². The lowest BCUT2D eigenvalue weighted by Gasteiger charge is -2.14. The maximum absolute atomic E-state index is 4.31. The fourth-order valence-electron chi connectivity index (χ4n) is 2.61. The van der Waals surface area contributed by atoms with Gasteiger partial charge in [-0.1, -0.05) is 19.1 Å². The van der Waals surface area contributed by atoms with Crippen molar-refractivity contribution in [3.05, 3.63) is 48.0 Å². The molecule has 18 heavy (non-hydrogen) atoms. The fraction of sp³-hybridized carbons (Fsp3) is 0.400. The number of aromatic nitrogens is 2. The molecular weight excluding hydrogens is 222 g/mol. The molecule has 0 radical (unpaired) electrons. The second kappa shape index (κ2) is 4.94. The smallest absolute Gasteiger partial charge is 0.0994 e. The average Bonchev–Trinajstić information content (AvgIpc) is 3.09. The van der Waals surface area contributed by atoms with Gasteiger partial charge in [0.15, 0.2) is 0 Å². The van der Waals surface area contributed by atoms with Crippen LogP contribution >= 0.6 is 0 Å².